The van der Waals surface area contributed by atoms with Crippen LogP contribution in [-0.2, 0) is 0 Å². The third-order valence-electron chi connectivity index (χ3n) is 2.80. The maximum absolute atomic E-state index is 12.2. The Bertz CT molecular complexity index is 605. The van der Waals surface area contributed by atoms with Gasteiger partial charge >= 0.3 is 0 Å². The van der Waals surface area contributed by atoms with Crippen LogP contribution in [0, 0.1) is 0 Å². The van der Waals surface area contributed by atoms with Gasteiger partial charge in [0, 0.05) is 12.1 Å². The average molecular weight is 272 g/mol. The molecule has 0 heterocycles. The minimum Gasteiger partial charge on any atom is -0.362 e. The zero-order chi connectivity index (χ0) is 13.7. The van der Waals surface area contributed by atoms with E-state index in [1.54, 1.807) is 6.07 Å². The Morgan fingerprint density at radius 2 is 1.89 bits per heavy atom. The fourth-order valence-corrected chi connectivity index (χ4v) is 2.07. The second kappa shape index (κ2) is 6.29. The summed E-state index contributed by atoms with van der Waals surface area (Å²) in [7, 11) is 0. The molecule has 0 saturated carbocycles. The SMILES string of the molecule is CCCNC(=S)NC(=O)c1cccc2ccccc12. The minimum absolute atomic E-state index is 0.176. The monoisotopic (exact) mass is 272 g/mol. The van der Waals surface area contributed by atoms with Crippen LogP contribution in [0.15, 0.2) is 42.5 Å². The molecule has 0 fully saturated rings. The van der Waals surface area contributed by atoms with E-state index in [4.69, 9.17) is 12.2 Å². The van der Waals surface area contributed by atoms with E-state index in [0.717, 1.165) is 23.7 Å². The molecule has 0 unspecified atom stereocenters. The number of fused-ring (bicyclic) bond motifs is 1. The molecule has 0 saturated heterocycles. The summed E-state index contributed by atoms with van der Waals surface area (Å²) in [6, 6.07) is 13.5. The van der Waals surface area contributed by atoms with Crippen LogP contribution in [-0.4, -0.2) is 17.6 Å². The van der Waals surface area contributed by atoms with E-state index in [1.807, 2.05) is 43.3 Å². The van der Waals surface area contributed by atoms with E-state index in [1.165, 1.54) is 0 Å². The molecule has 0 bridgehead atoms. The predicted molar refractivity (Wildman–Crippen MR) is 82.3 cm³/mol. The summed E-state index contributed by atoms with van der Waals surface area (Å²) in [6.45, 7) is 2.80. The first-order valence-electron chi connectivity index (χ1n) is 6.29. The average Bonchev–Trinajstić information content (AvgIpc) is 2.44. The summed E-state index contributed by atoms with van der Waals surface area (Å²) >= 11 is 5.08. The topological polar surface area (TPSA) is 41.1 Å². The third-order valence-corrected chi connectivity index (χ3v) is 3.04. The zero-order valence-corrected chi connectivity index (χ0v) is 11.6. The predicted octanol–water partition coefficient (Wildman–Crippen LogP) is 2.85. The lowest BCUT2D eigenvalue weighted by Crippen LogP contribution is -2.39. The van der Waals surface area contributed by atoms with E-state index in [2.05, 4.69) is 10.6 Å². The molecule has 0 aliphatic heterocycles. The summed E-state index contributed by atoms with van der Waals surface area (Å²) in [5.41, 5.74) is 0.638. The lowest BCUT2D eigenvalue weighted by molar-refractivity contribution is 0.0978. The summed E-state index contributed by atoms with van der Waals surface area (Å²) in [4.78, 5) is 12.2. The molecule has 2 rings (SSSR count). The molecule has 0 atom stereocenters. The first-order valence-corrected chi connectivity index (χ1v) is 6.70. The normalized spacial score (nSPS) is 10.2. The molecule has 98 valence electrons. The second-order valence-electron chi connectivity index (χ2n) is 4.24. The molecule has 2 aromatic carbocycles. The number of benzene rings is 2. The van der Waals surface area contributed by atoms with Gasteiger partial charge in [0.25, 0.3) is 5.91 Å². The lowest BCUT2D eigenvalue weighted by Gasteiger charge is -2.10. The molecule has 19 heavy (non-hydrogen) atoms. The van der Waals surface area contributed by atoms with Crippen LogP contribution in [0.2, 0.25) is 0 Å². The molecule has 2 N–H and O–H groups in total. The molecule has 0 aromatic heterocycles. The quantitative estimate of drug-likeness (QED) is 0.844. The van der Waals surface area contributed by atoms with Crippen molar-refractivity contribution in [2.45, 2.75) is 13.3 Å². The number of rotatable bonds is 3. The van der Waals surface area contributed by atoms with Gasteiger partial charge in [-0.05, 0) is 35.5 Å². The van der Waals surface area contributed by atoms with Crippen molar-refractivity contribution in [1.29, 1.82) is 0 Å². The Morgan fingerprint density at radius 3 is 2.68 bits per heavy atom. The molecule has 2 aromatic rings. The number of amides is 1. The van der Waals surface area contributed by atoms with Crippen molar-refractivity contribution >= 4 is 34.0 Å². The molecular formula is C15H16N2OS. The fourth-order valence-electron chi connectivity index (χ4n) is 1.88. The summed E-state index contributed by atoms with van der Waals surface area (Å²) in [5, 5.41) is 8.04. The van der Waals surface area contributed by atoms with Gasteiger partial charge in [-0.15, -0.1) is 0 Å². The fraction of sp³-hybridized carbons (Fsp3) is 0.200. The van der Waals surface area contributed by atoms with Crippen molar-refractivity contribution in [2.24, 2.45) is 0 Å². The molecule has 0 radical (unpaired) electrons. The standard InChI is InChI=1S/C15H16N2OS/c1-2-10-16-15(19)17-14(18)13-9-5-7-11-6-3-4-8-12(11)13/h3-9H,2,10H2,1H3,(H2,16,17,18,19). The maximum atomic E-state index is 12.2. The van der Waals surface area contributed by atoms with Crippen molar-refractivity contribution in [3.05, 3.63) is 48.0 Å². The van der Waals surface area contributed by atoms with Crippen LogP contribution in [0.3, 0.4) is 0 Å². The highest BCUT2D eigenvalue weighted by atomic mass is 32.1. The summed E-state index contributed by atoms with van der Waals surface area (Å²) < 4.78 is 0. The molecule has 0 aliphatic carbocycles. The highest BCUT2D eigenvalue weighted by Gasteiger charge is 2.10. The first kappa shape index (κ1) is 13.5. The third kappa shape index (κ3) is 3.29. The maximum Gasteiger partial charge on any atom is 0.258 e. The smallest absolute Gasteiger partial charge is 0.258 e. The highest BCUT2D eigenvalue weighted by Crippen LogP contribution is 2.18. The van der Waals surface area contributed by atoms with Gasteiger partial charge in [-0.2, -0.15) is 0 Å². The Morgan fingerprint density at radius 1 is 1.16 bits per heavy atom. The van der Waals surface area contributed by atoms with Gasteiger partial charge in [-0.1, -0.05) is 43.3 Å². The van der Waals surface area contributed by atoms with Crippen molar-refractivity contribution < 1.29 is 4.79 Å². The zero-order valence-electron chi connectivity index (χ0n) is 10.8. The van der Waals surface area contributed by atoms with Crippen molar-refractivity contribution in [2.75, 3.05) is 6.54 Å². The van der Waals surface area contributed by atoms with E-state index in [0.29, 0.717) is 10.7 Å². The van der Waals surface area contributed by atoms with Crippen LogP contribution in [0.1, 0.15) is 23.7 Å². The van der Waals surface area contributed by atoms with Gasteiger partial charge in [0.05, 0.1) is 0 Å². The van der Waals surface area contributed by atoms with Gasteiger partial charge in [0.15, 0.2) is 5.11 Å². The number of thiocarbonyl (C=S) groups is 1. The van der Waals surface area contributed by atoms with Crippen molar-refractivity contribution in [3.8, 4) is 0 Å². The molecule has 3 nitrogen and oxygen atoms in total. The number of carbonyl (C=O) groups excluding carboxylic acids is 1. The minimum atomic E-state index is -0.176. The van der Waals surface area contributed by atoms with Gasteiger partial charge in [0.2, 0.25) is 0 Å². The van der Waals surface area contributed by atoms with Gasteiger partial charge in [-0.3, -0.25) is 10.1 Å². The lowest BCUT2D eigenvalue weighted by atomic mass is 10.0. The van der Waals surface area contributed by atoms with E-state index in [9.17, 15) is 4.79 Å². The molecule has 0 aliphatic rings. The Labute approximate surface area is 118 Å². The molecule has 1 amide bonds. The Kier molecular flexibility index (Phi) is 4.47. The Hall–Kier alpha value is -1.94. The Balaban J connectivity index is 2.20. The highest BCUT2D eigenvalue weighted by molar-refractivity contribution is 7.80. The van der Waals surface area contributed by atoms with Gasteiger partial charge < -0.3 is 5.32 Å². The van der Waals surface area contributed by atoms with Crippen LogP contribution in [0.4, 0.5) is 0 Å². The second-order valence-corrected chi connectivity index (χ2v) is 4.64. The van der Waals surface area contributed by atoms with Crippen LogP contribution >= 0.6 is 12.2 Å². The van der Waals surface area contributed by atoms with Crippen LogP contribution in [0.25, 0.3) is 10.8 Å². The number of hydrogen-bond acceptors (Lipinski definition) is 2. The number of carbonyl (C=O) groups is 1. The van der Waals surface area contributed by atoms with E-state index in [-0.39, 0.29) is 5.91 Å². The van der Waals surface area contributed by atoms with E-state index >= 15 is 0 Å². The van der Waals surface area contributed by atoms with Crippen molar-refractivity contribution in [1.82, 2.24) is 10.6 Å². The first-order chi connectivity index (χ1) is 9.22. The molecule has 4 heteroatoms. The largest absolute Gasteiger partial charge is 0.362 e. The molecular weight excluding hydrogens is 256 g/mol. The number of nitrogens with one attached hydrogen (secondary N) is 2. The van der Waals surface area contributed by atoms with E-state index < -0.39 is 0 Å². The molecule has 0 spiro atoms. The van der Waals surface area contributed by atoms with Gasteiger partial charge in [0.1, 0.15) is 0 Å². The van der Waals surface area contributed by atoms with Gasteiger partial charge in [-0.25, -0.2) is 0 Å². The van der Waals surface area contributed by atoms with Crippen molar-refractivity contribution in [3.63, 3.8) is 0 Å². The van der Waals surface area contributed by atoms with Crippen LogP contribution < -0.4 is 10.6 Å². The number of hydrogen-bond donors (Lipinski definition) is 2. The van der Waals surface area contributed by atoms with Crippen LogP contribution in [0.5, 0.6) is 0 Å². The summed E-state index contributed by atoms with van der Waals surface area (Å²) in [5.74, 6) is -0.176. The summed E-state index contributed by atoms with van der Waals surface area (Å²) in [6.07, 6.45) is 0.963.